The summed E-state index contributed by atoms with van der Waals surface area (Å²) < 4.78 is 0. The molecule has 2 aromatic rings. The van der Waals surface area contributed by atoms with Crippen LogP contribution in [0.1, 0.15) is 24.8 Å². The van der Waals surface area contributed by atoms with Crippen LogP contribution in [0.15, 0.2) is 54.6 Å². The first-order valence-corrected chi connectivity index (χ1v) is 8.05. The summed E-state index contributed by atoms with van der Waals surface area (Å²) in [7, 11) is 0. The second kappa shape index (κ2) is 6.84. The number of allylic oxidation sites excluding steroid dienone is 1. The standard InChI is InChI=1S/C19H22N2O2/c22-18(21-14-19(23)11-4-1-5-12-19)20-13-16-9-6-8-15-7-2-3-10-17(15)16/h2-4,6-11,23H,1,5,12-14H2,(H2,20,21,22). The summed E-state index contributed by atoms with van der Waals surface area (Å²) >= 11 is 0. The molecule has 0 saturated carbocycles. The lowest BCUT2D eigenvalue weighted by molar-refractivity contribution is 0.0762. The van der Waals surface area contributed by atoms with Gasteiger partial charge in [-0.15, -0.1) is 0 Å². The number of hydrogen-bond acceptors (Lipinski definition) is 2. The van der Waals surface area contributed by atoms with Gasteiger partial charge in [0.25, 0.3) is 0 Å². The van der Waals surface area contributed by atoms with Crippen molar-refractivity contribution >= 4 is 16.8 Å². The maximum Gasteiger partial charge on any atom is 0.315 e. The Morgan fingerprint density at radius 1 is 1.13 bits per heavy atom. The monoisotopic (exact) mass is 310 g/mol. The van der Waals surface area contributed by atoms with Gasteiger partial charge in [-0.05, 0) is 35.6 Å². The fraction of sp³-hybridized carbons (Fsp3) is 0.316. The highest BCUT2D eigenvalue weighted by molar-refractivity contribution is 5.86. The minimum atomic E-state index is -0.908. The molecule has 0 aliphatic heterocycles. The molecule has 0 aromatic heterocycles. The van der Waals surface area contributed by atoms with Gasteiger partial charge in [-0.2, -0.15) is 0 Å². The first-order chi connectivity index (χ1) is 11.2. The van der Waals surface area contributed by atoms with Crippen LogP contribution in [-0.2, 0) is 6.54 Å². The number of urea groups is 1. The fourth-order valence-electron chi connectivity index (χ4n) is 2.98. The molecule has 0 fully saturated rings. The van der Waals surface area contributed by atoms with Crippen molar-refractivity contribution in [3.63, 3.8) is 0 Å². The van der Waals surface area contributed by atoms with Gasteiger partial charge < -0.3 is 15.7 Å². The predicted molar refractivity (Wildman–Crippen MR) is 92.1 cm³/mol. The van der Waals surface area contributed by atoms with E-state index >= 15 is 0 Å². The molecule has 2 aromatic carbocycles. The number of nitrogens with one attached hydrogen (secondary N) is 2. The molecule has 3 N–H and O–H groups in total. The number of rotatable bonds is 4. The van der Waals surface area contributed by atoms with Gasteiger partial charge in [-0.3, -0.25) is 0 Å². The second-order valence-corrected chi connectivity index (χ2v) is 6.07. The molecule has 1 unspecified atom stereocenters. The summed E-state index contributed by atoms with van der Waals surface area (Å²) in [6.07, 6.45) is 6.40. The van der Waals surface area contributed by atoms with Crippen LogP contribution in [-0.4, -0.2) is 23.3 Å². The smallest absolute Gasteiger partial charge is 0.315 e. The van der Waals surface area contributed by atoms with Gasteiger partial charge in [0.15, 0.2) is 0 Å². The van der Waals surface area contributed by atoms with Gasteiger partial charge in [-0.25, -0.2) is 4.79 Å². The maximum absolute atomic E-state index is 12.0. The van der Waals surface area contributed by atoms with Crippen molar-refractivity contribution in [1.29, 1.82) is 0 Å². The topological polar surface area (TPSA) is 61.4 Å². The first-order valence-electron chi connectivity index (χ1n) is 8.05. The Morgan fingerprint density at radius 2 is 1.96 bits per heavy atom. The Labute approximate surface area is 136 Å². The normalized spacial score (nSPS) is 20.4. The summed E-state index contributed by atoms with van der Waals surface area (Å²) in [4.78, 5) is 12.0. The van der Waals surface area contributed by atoms with Crippen LogP contribution in [0.3, 0.4) is 0 Å². The Hall–Kier alpha value is -2.33. The third-order valence-corrected chi connectivity index (χ3v) is 4.28. The number of hydrogen-bond donors (Lipinski definition) is 3. The predicted octanol–water partition coefficient (Wildman–Crippen LogP) is 3.11. The Bertz CT molecular complexity index is 721. The van der Waals surface area contributed by atoms with Crippen molar-refractivity contribution in [2.24, 2.45) is 0 Å². The molecule has 120 valence electrons. The maximum atomic E-state index is 12.0. The minimum Gasteiger partial charge on any atom is -0.384 e. The molecule has 4 heteroatoms. The molecule has 0 heterocycles. The zero-order valence-corrected chi connectivity index (χ0v) is 13.1. The molecule has 0 radical (unpaired) electrons. The molecule has 1 atom stereocenters. The lowest BCUT2D eigenvalue weighted by atomic mass is 9.91. The van der Waals surface area contributed by atoms with Crippen LogP contribution >= 0.6 is 0 Å². The van der Waals surface area contributed by atoms with Gasteiger partial charge >= 0.3 is 6.03 Å². The Kier molecular flexibility index (Phi) is 4.63. The van der Waals surface area contributed by atoms with Crippen LogP contribution in [0.5, 0.6) is 0 Å². The Morgan fingerprint density at radius 3 is 2.78 bits per heavy atom. The lowest BCUT2D eigenvalue weighted by Gasteiger charge is -2.27. The molecule has 0 bridgehead atoms. The molecule has 0 saturated heterocycles. The van der Waals surface area contributed by atoms with Crippen LogP contribution in [0.25, 0.3) is 10.8 Å². The van der Waals surface area contributed by atoms with Crippen molar-refractivity contribution in [3.8, 4) is 0 Å². The van der Waals surface area contributed by atoms with Crippen LogP contribution < -0.4 is 10.6 Å². The highest BCUT2D eigenvalue weighted by Gasteiger charge is 2.25. The lowest BCUT2D eigenvalue weighted by Crippen LogP contribution is -2.45. The molecule has 0 spiro atoms. The molecular formula is C19H22N2O2. The van der Waals surface area contributed by atoms with Crippen molar-refractivity contribution in [3.05, 3.63) is 60.2 Å². The van der Waals surface area contributed by atoms with Gasteiger partial charge in [0.2, 0.25) is 0 Å². The number of aliphatic hydroxyl groups is 1. The summed E-state index contributed by atoms with van der Waals surface area (Å²) in [5, 5.41) is 18.2. The summed E-state index contributed by atoms with van der Waals surface area (Å²) in [6, 6.07) is 13.9. The molecule has 3 rings (SSSR count). The van der Waals surface area contributed by atoms with Gasteiger partial charge in [0, 0.05) is 6.54 Å². The first kappa shape index (κ1) is 15.6. The number of benzene rings is 2. The van der Waals surface area contributed by atoms with Gasteiger partial charge in [0.05, 0.1) is 6.54 Å². The van der Waals surface area contributed by atoms with Crippen molar-refractivity contribution in [1.82, 2.24) is 10.6 Å². The number of carbonyl (C=O) groups excluding carboxylic acids is 1. The molecular weight excluding hydrogens is 288 g/mol. The van der Waals surface area contributed by atoms with E-state index in [-0.39, 0.29) is 12.6 Å². The van der Waals surface area contributed by atoms with Crippen LogP contribution in [0, 0.1) is 0 Å². The number of fused-ring (bicyclic) bond motifs is 1. The minimum absolute atomic E-state index is 0.241. The van der Waals surface area contributed by atoms with Gasteiger partial charge in [-0.1, -0.05) is 54.6 Å². The molecule has 4 nitrogen and oxygen atoms in total. The third kappa shape index (κ3) is 3.90. The molecule has 1 aliphatic carbocycles. The molecule has 23 heavy (non-hydrogen) atoms. The quantitative estimate of drug-likeness (QED) is 0.760. The number of carbonyl (C=O) groups is 1. The molecule has 2 amide bonds. The SMILES string of the molecule is O=C(NCc1cccc2ccccc12)NCC1(O)C=CCCC1. The van der Waals surface area contributed by atoms with Crippen molar-refractivity contribution in [2.75, 3.05) is 6.54 Å². The highest BCUT2D eigenvalue weighted by Crippen LogP contribution is 2.21. The highest BCUT2D eigenvalue weighted by atomic mass is 16.3. The zero-order chi connectivity index (χ0) is 16.1. The van der Waals surface area contributed by atoms with E-state index in [4.69, 9.17) is 0 Å². The number of amides is 2. The largest absolute Gasteiger partial charge is 0.384 e. The van der Waals surface area contributed by atoms with E-state index in [0.29, 0.717) is 13.0 Å². The summed E-state index contributed by atoms with van der Waals surface area (Å²) in [5.41, 5.74) is 0.171. The van der Waals surface area contributed by atoms with Gasteiger partial charge in [0.1, 0.15) is 5.60 Å². The van der Waals surface area contributed by atoms with E-state index in [2.05, 4.69) is 28.8 Å². The van der Waals surface area contributed by atoms with E-state index in [0.717, 1.165) is 29.2 Å². The van der Waals surface area contributed by atoms with Crippen LogP contribution in [0.2, 0.25) is 0 Å². The summed E-state index contributed by atoms with van der Waals surface area (Å²) in [5.74, 6) is 0. The average molecular weight is 310 g/mol. The van der Waals surface area contributed by atoms with E-state index in [1.54, 1.807) is 6.08 Å². The van der Waals surface area contributed by atoms with E-state index in [1.165, 1.54) is 0 Å². The third-order valence-electron chi connectivity index (χ3n) is 4.28. The van der Waals surface area contributed by atoms with Crippen LogP contribution in [0.4, 0.5) is 4.79 Å². The van der Waals surface area contributed by atoms with E-state index in [9.17, 15) is 9.90 Å². The van der Waals surface area contributed by atoms with Crippen molar-refractivity contribution < 1.29 is 9.90 Å². The van der Waals surface area contributed by atoms with E-state index in [1.807, 2.05) is 30.3 Å². The Balaban J connectivity index is 1.56. The van der Waals surface area contributed by atoms with Crippen molar-refractivity contribution in [2.45, 2.75) is 31.4 Å². The average Bonchev–Trinajstić information content (AvgIpc) is 2.59. The zero-order valence-electron chi connectivity index (χ0n) is 13.1. The fourth-order valence-corrected chi connectivity index (χ4v) is 2.98. The molecule has 1 aliphatic rings. The van der Waals surface area contributed by atoms with E-state index < -0.39 is 5.60 Å². The second-order valence-electron chi connectivity index (χ2n) is 6.07. The summed E-state index contributed by atoms with van der Waals surface area (Å²) in [6.45, 7) is 0.701.